The van der Waals surface area contributed by atoms with Gasteiger partial charge in [-0.25, -0.2) is 4.98 Å². The van der Waals surface area contributed by atoms with Gasteiger partial charge in [0.1, 0.15) is 5.82 Å². The molecule has 0 unspecified atom stereocenters. The van der Waals surface area contributed by atoms with Gasteiger partial charge in [0, 0.05) is 19.3 Å². The Morgan fingerprint density at radius 3 is 2.69 bits per heavy atom. The molecule has 7 nitrogen and oxygen atoms in total. The molecule has 2 heterocycles. The van der Waals surface area contributed by atoms with E-state index >= 15 is 0 Å². The second kappa shape index (κ2) is 10.6. The lowest BCUT2D eigenvalue weighted by molar-refractivity contribution is -0.127. The minimum absolute atomic E-state index is 0.0433. The highest BCUT2D eigenvalue weighted by molar-refractivity contribution is 8.00. The molecule has 1 amide bonds. The number of amides is 1. The predicted octanol–water partition coefficient (Wildman–Crippen LogP) is 4.63. The lowest BCUT2D eigenvalue weighted by Crippen LogP contribution is -2.29. The SMILES string of the molecule is CN(CCC#N)C(=O)CSc1nnc(CSc2nc3ccccc3s2)n1-c1ccccc1. The topological polar surface area (TPSA) is 87.7 Å². The first-order chi connectivity index (χ1) is 15.7. The Hall–Kier alpha value is -2.87. The van der Waals surface area contributed by atoms with E-state index in [1.165, 1.54) is 11.8 Å². The van der Waals surface area contributed by atoms with Gasteiger partial charge in [-0.2, -0.15) is 5.26 Å². The van der Waals surface area contributed by atoms with Gasteiger partial charge in [0.2, 0.25) is 5.91 Å². The summed E-state index contributed by atoms with van der Waals surface area (Å²) in [6.07, 6.45) is 0.320. The molecule has 4 rings (SSSR count). The van der Waals surface area contributed by atoms with Crippen molar-refractivity contribution < 1.29 is 4.79 Å². The van der Waals surface area contributed by atoms with Crippen molar-refractivity contribution in [1.29, 1.82) is 5.26 Å². The quantitative estimate of drug-likeness (QED) is 0.323. The molecule has 0 aliphatic rings. The first-order valence-corrected chi connectivity index (χ1v) is 12.7. The van der Waals surface area contributed by atoms with Crippen molar-refractivity contribution in [3.05, 3.63) is 60.4 Å². The number of hydrogen-bond acceptors (Lipinski definition) is 8. The van der Waals surface area contributed by atoms with Crippen LogP contribution in [-0.4, -0.2) is 49.9 Å². The summed E-state index contributed by atoms with van der Waals surface area (Å²) >= 11 is 4.64. The van der Waals surface area contributed by atoms with Gasteiger partial charge in [-0.1, -0.05) is 53.9 Å². The van der Waals surface area contributed by atoms with Crippen LogP contribution in [0.3, 0.4) is 0 Å². The molecule has 0 aliphatic carbocycles. The lowest BCUT2D eigenvalue weighted by Gasteiger charge is -2.15. The van der Waals surface area contributed by atoms with E-state index in [0.717, 1.165) is 26.1 Å². The Labute approximate surface area is 198 Å². The average molecular weight is 481 g/mol. The van der Waals surface area contributed by atoms with Crippen molar-refractivity contribution in [1.82, 2.24) is 24.6 Å². The summed E-state index contributed by atoms with van der Waals surface area (Å²) in [4.78, 5) is 18.7. The molecule has 0 radical (unpaired) electrons. The van der Waals surface area contributed by atoms with E-state index in [-0.39, 0.29) is 11.7 Å². The number of carbonyl (C=O) groups excluding carboxylic acids is 1. The third-order valence-electron chi connectivity index (χ3n) is 4.62. The minimum Gasteiger partial charge on any atom is -0.344 e. The zero-order valence-corrected chi connectivity index (χ0v) is 19.8. The number of thioether (sulfide) groups is 2. The monoisotopic (exact) mass is 480 g/mol. The van der Waals surface area contributed by atoms with Crippen molar-refractivity contribution in [3.8, 4) is 11.8 Å². The molecular formula is C22H20N6OS3. The lowest BCUT2D eigenvalue weighted by atomic mass is 10.3. The summed E-state index contributed by atoms with van der Waals surface area (Å²) < 4.78 is 4.14. The maximum Gasteiger partial charge on any atom is 0.232 e. The van der Waals surface area contributed by atoms with Crippen LogP contribution in [0.15, 0.2) is 64.1 Å². The van der Waals surface area contributed by atoms with Gasteiger partial charge in [0.15, 0.2) is 9.50 Å². The summed E-state index contributed by atoms with van der Waals surface area (Å²) in [5, 5.41) is 18.2. The molecule has 0 fully saturated rings. The van der Waals surface area contributed by atoms with Crippen LogP contribution in [0.4, 0.5) is 0 Å². The molecule has 32 heavy (non-hydrogen) atoms. The molecule has 0 saturated carbocycles. The van der Waals surface area contributed by atoms with Crippen molar-refractivity contribution >= 4 is 51.0 Å². The molecule has 0 bridgehead atoms. The summed E-state index contributed by atoms with van der Waals surface area (Å²) in [7, 11) is 1.71. The Morgan fingerprint density at radius 2 is 1.91 bits per heavy atom. The van der Waals surface area contributed by atoms with Crippen LogP contribution in [0.5, 0.6) is 0 Å². The molecule has 4 aromatic rings. The maximum atomic E-state index is 12.4. The minimum atomic E-state index is -0.0433. The van der Waals surface area contributed by atoms with E-state index < -0.39 is 0 Å². The van der Waals surface area contributed by atoms with Crippen LogP contribution in [0.2, 0.25) is 0 Å². The number of aromatic nitrogens is 4. The van der Waals surface area contributed by atoms with Gasteiger partial charge < -0.3 is 4.90 Å². The summed E-state index contributed by atoms with van der Waals surface area (Å²) in [5.74, 6) is 1.60. The number of nitrogens with zero attached hydrogens (tertiary/aromatic N) is 6. The molecule has 0 N–H and O–H groups in total. The fraction of sp³-hybridized carbons (Fsp3) is 0.227. The van der Waals surface area contributed by atoms with Gasteiger partial charge in [0.05, 0.1) is 34.2 Å². The van der Waals surface area contributed by atoms with E-state index in [4.69, 9.17) is 5.26 Å². The van der Waals surface area contributed by atoms with Crippen molar-refractivity contribution in [2.75, 3.05) is 19.3 Å². The fourth-order valence-electron chi connectivity index (χ4n) is 2.94. The van der Waals surface area contributed by atoms with Crippen LogP contribution in [0, 0.1) is 11.3 Å². The zero-order valence-electron chi connectivity index (χ0n) is 17.3. The average Bonchev–Trinajstić information content (AvgIpc) is 3.43. The van der Waals surface area contributed by atoms with Gasteiger partial charge in [0.25, 0.3) is 0 Å². The van der Waals surface area contributed by atoms with Crippen LogP contribution < -0.4 is 0 Å². The third-order valence-corrected chi connectivity index (χ3v) is 7.71. The number of rotatable bonds is 9. The number of carbonyl (C=O) groups is 1. The fourth-order valence-corrected chi connectivity index (χ4v) is 5.83. The van der Waals surface area contributed by atoms with Gasteiger partial charge in [-0.15, -0.1) is 21.5 Å². The number of nitriles is 1. The van der Waals surface area contributed by atoms with E-state index in [9.17, 15) is 4.79 Å². The highest BCUT2D eigenvalue weighted by Crippen LogP contribution is 2.32. The first kappa shape index (κ1) is 22.3. The Bertz CT molecular complexity index is 1210. The van der Waals surface area contributed by atoms with Crippen molar-refractivity contribution in [2.45, 2.75) is 21.7 Å². The van der Waals surface area contributed by atoms with Gasteiger partial charge >= 0.3 is 0 Å². The van der Waals surface area contributed by atoms with Crippen LogP contribution >= 0.6 is 34.9 Å². The van der Waals surface area contributed by atoms with Crippen LogP contribution in [0.1, 0.15) is 12.2 Å². The molecular weight excluding hydrogens is 460 g/mol. The summed E-state index contributed by atoms with van der Waals surface area (Å²) in [6, 6.07) is 20.1. The van der Waals surface area contributed by atoms with E-state index in [2.05, 4.69) is 27.3 Å². The largest absolute Gasteiger partial charge is 0.344 e. The standard InChI is InChI=1S/C22H20N6OS3/c1-27(13-7-12-23)20(29)15-30-21-26-25-19(28(21)16-8-3-2-4-9-16)14-31-22-24-17-10-5-6-11-18(17)32-22/h2-6,8-11H,7,13-15H2,1H3. The molecule has 0 aliphatic heterocycles. The number of benzene rings is 2. The Kier molecular flexibility index (Phi) is 7.42. The van der Waals surface area contributed by atoms with Gasteiger partial charge in [-0.05, 0) is 24.3 Å². The third kappa shape index (κ3) is 5.30. The molecule has 0 spiro atoms. The summed E-state index contributed by atoms with van der Waals surface area (Å²) in [5.41, 5.74) is 1.95. The predicted molar refractivity (Wildman–Crippen MR) is 129 cm³/mol. The number of fused-ring (bicyclic) bond motifs is 1. The molecule has 10 heteroatoms. The second-order valence-corrected chi connectivity index (χ2v) is 10.0. The molecule has 2 aromatic carbocycles. The highest BCUT2D eigenvalue weighted by atomic mass is 32.2. The molecule has 162 valence electrons. The number of hydrogen-bond donors (Lipinski definition) is 0. The molecule has 2 aromatic heterocycles. The first-order valence-electron chi connectivity index (χ1n) is 9.87. The smallest absolute Gasteiger partial charge is 0.232 e. The number of para-hydroxylation sites is 2. The van der Waals surface area contributed by atoms with E-state index in [0.29, 0.717) is 23.9 Å². The second-order valence-electron chi connectivity index (χ2n) is 6.82. The van der Waals surface area contributed by atoms with Crippen LogP contribution in [0.25, 0.3) is 15.9 Å². The molecule has 0 atom stereocenters. The van der Waals surface area contributed by atoms with Crippen molar-refractivity contribution in [2.24, 2.45) is 0 Å². The van der Waals surface area contributed by atoms with E-state index in [1.54, 1.807) is 35.0 Å². The van der Waals surface area contributed by atoms with Gasteiger partial charge in [-0.3, -0.25) is 9.36 Å². The van der Waals surface area contributed by atoms with E-state index in [1.807, 2.05) is 53.1 Å². The number of thiazole rings is 1. The Morgan fingerprint density at radius 1 is 1.12 bits per heavy atom. The maximum absolute atomic E-state index is 12.4. The normalized spacial score (nSPS) is 10.9. The Balaban J connectivity index is 1.51. The van der Waals surface area contributed by atoms with Crippen molar-refractivity contribution in [3.63, 3.8) is 0 Å². The zero-order chi connectivity index (χ0) is 22.3. The summed E-state index contributed by atoms with van der Waals surface area (Å²) in [6.45, 7) is 0.422. The molecule has 0 saturated heterocycles. The van der Waals surface area contributed by atoms with Crippen LogP contribution in [-0.2, 0) is 10.5 Å². The highest BCUT2D eigenvalue weighted by Gasteiger charge is 2.18.